The fourth-order valence-electron chi connectivity index (χ4n) is 2.24. The van der Waals surface area contributed by atoms with Crippen LogP contribution in [0.25, 0.3) is 0 Å². The molecule has 1 saturated heterocycles. The number of morpholine rings is 1. The zero-order chi connectivity index (χ0) is 15.1. The first kappa shape index (κ1) is 16.2. The molecule has 0 amide bonds. The third-order valence-corrected chi connectivity index (χ3v) is 4.77. The molecule has 1 aromatic rings. The number of anilines is 1. The molecular weight excluding hydrogens is 290 g/mol. The molecule has 21 heavy (non-hydrogen) atoms. The predicted octanol–water partition coefficient (Wildman–Crippen LogP) is 0.411. The van der Waals surface area contributed by atoms with Gasteiger partial charge in [0.05, 0.1) is 19.0 Å². The van der Waals surface area contributed by atoms with Gasteiger partial charge in [0.25, 0.3) is 0 Å². The van der Waals surface area contributed by atoms with Gasteiger partial charge in [0.2, 0.25) is 10.0 Å². The van der Waals surface area contributed by atoms with Crippen molar-refractivity contribution in [3.05, 3.63) is 29.8 Å². The van der Waals surface area contributed by atoms with Crippen LogP contribution in [-0.2, 0) is 20.5 Å². The van der Waals surface area contributed by atoms with Crippen molar-refractivity contribution in [2.45, 2.75) is 12.2 Å². The number of nitrogens with one attached hydrogen (secondary N) is 1. The van der Waals surface area contributed by atoms with E-state index in [-0.39, 0.29) is 5.75 Å². The van der Waals surface area contributed by atoms with E-state index in [1.807, 2.05) is 0 Å². The number of benzene rings is 1. The largest absolute Gasteiger partial charge is 0.399 e. The van der Waals surface area contributed by atoms with E-state index in [9.17, 15) is 8.42 Å². The summed E-state index contributed by atoms with van der Waals surface area (Å²) in [4.78, 5) is 2.29. The number of ether oxygens (including phenoxy) is 1. The lowest BCUT2D eigenvalue weighted by atomic mass is 10.2. The molecule has 1 fully saturated rings. The number of sulfonamides is 1. The maximum atomic E-state index is 12.0. The molecule has 118 valence electrons. The summed E-state index contributed by atoms with van der Waals surface area (Å²) in [6, 6.07) is 6.90. The van der Waals surface area contributed by atoms with Gasteiger partial charge in [-0.3, -0.25) is 4.90 Å². The lowest BCUT2D eigenvalue weighted by molar-refractivity contribution is 0.0376. The minimum absolute atomic E-state index is 0.00909. The second-order valence-corrected chi connectivity index (χ2v) is 7.01. The van der Waals surface area contributed by atoms with Crippen molar-refractivity contribution >= 4 is 15.7 Å². The Morgan fingerprint density at radius 3 is 2.52 bits per heavy atom. The number of hydrogen-bond acceptors (Lipinski definition) is 5. The Morgan fingerprint density at radius 2 is 1.86 bits per heavy atom. The third-order valence-electron chi connectivity index (χ3n) is 3.41. The first-order chi connectivity index (χ1) is 10.1. The van der Waals surface area contributed by atoms with Crippen LogP contribution >= 0.6 is 0 Å². The van der Waals surface area contributed by atoms with Gasteiger partial charge in [-0.1, -0.05) is 12.1 Å². The maximum absolute atomic E-state index is 12.0. The van der Waals surface area contributed by atoms with E-state index >= 15 is 0 Å². The van der Waals surface area contributed by atoms with E-state index in [4.69, 9.17) is 10.5 Å². The molecule has 0 aromatic heterocycles. The average Bonchev–Trinajstić information content (AvgIpc) is 2.47. The smallest absolute Gasteiger partial charge is 0.215 e. The molecule has 0 bridgehead atoms. The lowest BCUT2D eigenvalue weighted by Crippen LogP contribution is -2.38. The van der Waals surface area contributed by atoms with Gasteiger partial charge in [0.15, 0.2) is 0 Å². The van der Waals surface area contributed by atoms with Crippen LogP contribution in [0.15, 0.2) is 24.3 Å². The molecule has 1 aromatic carbocycles. The number of nitrogens with zero attached hydrogens (tertiary/aromatic N) is 1. The Labute approximate surface area is 126 Å². The number of nitrogens with two attached hydrogens (primary N) is 1. The second kappa shape index (κ2) is 7.74. The first-order valence-corrected chi connectivity index (χ1v) is 8.82. The molecule has 1 aliphatic rings. The highest BCUT2D eigenvalue weighted by Crippen LogP contribution is 2.08. The van der Waals surface area contributed by atoms with Crippen molar-refractivity contribution in [3.63, 3.8) is 0 Å². The van der Waals surface area contributed by atoms with Gasteiger partial charge in [-0.25, -0.2) is 13.1 Å². The molecule has 1 aliphatic heterocycles. The van der Waals surface area contributed by atoms with Gasteiger partial charge in [-0.15, -0.1) is 0 Å². The molecule has 0 atom stereocenters. The van der Waals surface area contributed by atoms with E-state index in [2.05, 4.69) is 9.62 Å². The minimum Gasteiger partial charge on any atom is -0.399 e. The fourth-order valence-corrected chi connectivity index (χ4v) is 3.43. The van der Waals surface area contributed by atoms with E-state index in [1.54, 1.807) is 24.3 Å². The van der Waals surface area contributed by atoms with E-state index in [0.717, 1.165) is 44.8 Å². The van der Waals surface area contributed by atoms with Gasteiger partial charge < -0.3 is 10.5 Å². The van der Waals surface area contributed by atoms with Crippen LogP contribution in [0.2, 0.25) is 0 Å². The number of nitrogen functional groups attached to an aromatic ring is 1. The van der Waals surface area contributed by atoms with Gasteiger partial charge in [0, 0.05) is 25.3 Å². The van der Waals surface area contributed by atoms with Crippen LogP contribution in [0.3, 0.4) is 0 Å². The highest BCUT2D eigenvalue weighted by molar-refractivity contribution is 7.88. The molecule has 2 rings (SSSR count). The SMILES string of the molecule is Nc1ccc(CS(=O)(=O)NCCCN2CCOCC2)cc1. The Balaban J connectivity index is 1.69. The summed E-state index contributed by atoms with van der Waals surface area (Å²) < 4.78 is 31.8. The summed E-state index contributed by atoms with van der Waals surface area (Å²) in [5, 5.41) is 0. The quantitative estimate of drug-likeness (QED) is 0.563. The Bertz CT molecular complexity index is 525. The van der Waals surface area contributed by atoms with Crippen LogP contribution in [0, 0.1) is 0 Å². The first-order valence-electron chi connectivity index (χ1n) is 7.17. The number of rotatable bonds is 7. The fraction of sp³-hybridized carbons (Fsp3) is 0.571. The predicted molar refractivity (Wildman–Crippen MR) is 83.4 cm³/mol. The summed E-state index contributed by atoms with van der Waals surface area (Å²) in [5.74, 6) is -0.00909. The normalized spacial score (nSPS) is 17.0. The zero-order valence-electron chi connectivity index (χ0n) is 12.1. The van der Waals surface area contributed by atoms with Crippen LogP contribution < -0.4 is 10.5 Å². The summed E-state index contributed by atoms with van der Waals surface area (Å²) >= 11 is 0. The number of hydrogen-bond donors (Lipinski definition) is 2. The maximum Gasteiger partial charge on any atom is 0.215 e. The molecular formula is C14H23N3O3S. The summed E-state index contributed by atoms with van der Waals surface area (Å²) in [5.41, 5.74) is 6.96. The van der Waals surface area contributed by atoms with Crippen molar-refractivity contribution in [1.82, 2.24) is 9.62 Å². The molecule has 0 saturated carbocycles. The molecule has 0 spiro atoms. The van der Waals surface area contributed by atoms with Gasteiger partial charge in [0.1, 0.15) is 0 Å². The van der Waals surface area contributed by atoms with Crippen LogP contribution in [0.4, 0.5) is 5.69 Å². The topological polar surface area (TPSA) is 84.7 Å². The molecule has 0 radical (unpaired) electrons. The molecule has 3 N–H and O–H groups in total. The van der Waals surface area contributed by atoms with Crippen molar-refractivity contribution < 1.29 is 13.2 Å². The summed E-state index contributed by atoms with van der Waals surface area (Å²) in [6.45, 7) is 4.75. The van der Waals surface area contributed by atoms with Gasteiger partial charge >= 0.3 is 0 Å². The van der Waals surface area contributed by atoms with Crippen LogP contribution in [0.5, 0.6) is 0 Å². The summed E-state index contributed by atoms with van der Waals surface area (Å²) in [6.07, 6.45) is 0.807. The van der Waals surface area contributed by atoms with E-state index in [0.29, 0.717) is 12.2 Å². The Hall–Kier alpha value is -1.15. The highest BCUT2D eigenvalue weighted by atomic mass is 32.2. The lowest BCUT2D eigenvalue weighted by Gasteiger charge is -2.26. The van der Waals surface area contributed by atoms with E-state index < -0.39 is 10.0 Å². The Kier molecular flexibility index (Phi) is 5.98. The van der Waals surface area contributed by atoms with E-state index in [1.165, 1.54) is 0 Å². The highest BCUT2D eigenvalue weighted by Gasteiger charge is 2.12. The average molecular weight is 313 g/mol. The molecule has 0 unspecified atom stereocenters. The monoisotopic (exact) mass is 313 g/mol. The molecule has 0 aliphatic carbocycles. The van der Waals surface area contributed by atoms with Crippen molar-refractivity contribution in [3.8, 4) is 0 Å². The van der Waals surface area contributed by atoms with Gasteiger partial charge in [-0.2, -0.15) is 0 Å². The molecule has 1 heterocycles. The van der Waals surface area contributed by atoms with Crippen LogP contribution in [0.1, 0.15) is 12.0 Å². The Morgan fingerprint density at radius 1 is 1.19 bits per heavy atom. The van der Waals surface area contributed by atoms with Gasteiger partial charge in [-0.05, 0) is 30.7 Å². The van der Waals surface area contributed by atoms with Crippen molar-refractivity contribution in [2.24, 2.45) is 0 Å². The third kappa shape index (κ3) is 6.01. The summed E-state index contributed by atoms with van der Waals surface area (Å²) in [7, 11) is -3.28. The van der Waals surface area contributed by atoms with Crippen LogP contribution in [-0.4, -0.2) is 52.7 Å². The molecule has 7 heteroatoms. The second-order valence-electron chi connectivity index (χ2n) is 5.20. The zero-order valence-corrected chi connectivity index (χ0v) is 12.9. The van der Waals surface area contributed by atoms with Crippen molar-refractivity contribution in [2.75, 3.05) is 45.1 Å². The van der Waals surface area contributed by atoms with Crippen molar-refractivity contribution in [1.29, 1.82) is 0 Å². The molecule has 6 nitrogen and oxygen atoms in total. The standard InChI is InChI=1S/C14H23N3O3S/c15-14-4-2-13(3-5-14)12-21(18,19)16-6-1-7-17-8-10-20-11-9-17/h2-5,16H,1,6-12,15H2. The minimum atomic E-state index is -3.28.